The number of aryl methyl sites for hydroxylation is 1. The molecule has 2 aliphatic heterocycles. The third-order valence-corrected chi connectivity index (χ3v) is 7.11. The smallest absolute Gasteiger partial charge is 0.262 e. The monoisotopic (exact) mass is 425 g/mol. The van der Waals surface area contributed by atoms with Gasteiger partial charge in [0.2, 0.25) is 15.9 Å². The van der Waals surface area contributed by atoms with Crippen molar-refractivity contribution >= 4 is 27.5 Å². The van der Waals surface area contributed by atoms with Gasteiger partial charge in [-0.15, -0.1) is 0 Å². The van der Waals surface area contributed by atoms with E-state index < -0.39 is 10.0 Å². The fraction of sp³-hybridized carbons (Fsp3) is 0.579. The minimum Gasteiger partial charge on any atom is -0.482 e. The Morgan fingerprint density at radius 1 is 1.41 bits per heavy atom. The van der Waals surface area contributed by atoms with Gasteiger partial charge in [0.15, 0.2) is 6.61 Å². The Hall–Kier alpha value is -2.17. The number of carbonyl (C=O) groups is 2. The lowest BCUT2D eigenvalue weighted by Crippen LogP contribution is -2.45. The molecule has 10 heteroatoms. The van der Waals surface area contributed by atoms with Gasteiger partial charge in [-0.05, 0) is 37.8 Å². The molecule has 0 bridgehead atoms. The first-order valence-electron chi connectivity index (χ1n) is 9.67. The van der Waals surface area contributed by atoms with Crippen molar-refractivity contribution < 1.29 is 27.5 Å². The zero-order chi connectivity index (χ0) is 21.0. The SMILES string of the molecule is COCCCNC(=O)C1CCCN(S(=O)(=O)c2cc3c(cc2C)NC(=O)CO3)C1. The molecule has 2 N–H and O–H groups in total. The molecule has 1 aromatic rings. The summed E-state index contributed by atoms with van der Waals surface area (Å²) in [5.41, 5.74) is 0.977. The number of hydrogen-bond acceptors (Lipinski definition) is 6. The molecule has 2 amide bonds. The fourth-order valence-electron chi connectivity index (χ4n) is 3.58. The van der Waals surface area contributed by atoms with Crippen LogP contribution in [0.4, 0.5) is 5.69 Å². The number of hydrogen-bond donors (Lipinski definition) is 2. The number of fused-ring (bicyclic) bond motifs is 1. The Morgan fingerprint density at radius 3 is 2.97 bits per heavy atom. The molecule has 1 fully saturated rings. The first-order valence-corrected chi connectivity index (χ1v) is 11.1. The van der Waals surface area contributed by atoms with Gasteiger partial charge in [0.25, 0.3) is 5.91 Å². The molecule has 160 valence electrons. The summed E-state index contributed by atoms with van der Waals surface area (Å²) in [5.74, 6) is -0.454. The van der Waals surface area contributed by atoms with Crippen molar-refractivity contribution in [2.24, 2.45) is 5.92 Å². The van der Waals surface area contributed by atoms with Crippen LogP contribution < -0.4 is 15.4 Å². The van der Waals surface area contributed by atoms with Gasteiger partial charge < -0.3 is 20.1 Å². The maximum Gasteiger partial charge on any atom is 0.262 e. The Balaban J connectivity index is 1.74. The number of ether oxygens (including phenoxy) is 2. The second-order valence-corrected chi connectivity index (χ2v) is 9.20. The van der Waals surface area contributed by atoms with E-state index in [0.29, 0.717) is 56.0 Å². The van der Waals surface area contributed by atoms with Gasteiger partial charge >= 0.3 is 0 Å². The van der Waals surface area contributed by atoms with E-state index in [-0.39, 0.29) is 35.8 Å². The van der Waals surface area contributed by atoms with Crippen LogP contribution in [0.2, 0.25) is 0 Å². The Bertz CT molecular complexity index is 886. The summed E-state index contributed by atoms with van der Waals surface area (Å²) in [5, 5.41) is 5.53. The molecule has 29 heavy (non-hydrogen) atoms. The van der Waals surface area contributed by atoms with E-state index in [4.69, 9.17) is 9.47 Å². The number of amides is 2. The third-order valence-electron chi connectivity index (χ3n) is 5.11. The van der Waals surface area contributed by atoms with Gasteiger partial charge in [-0.3, -0.25) is 9.59 Å². The number of sulfonamides is 1. The zero-order valence-corrected chi connectivity index (χ0v) is 17.5. The van der Waals surface area contributed by atoms with E-state index >= 15 is 0 Å². The van der Waals surface area contributed by atoms with Crippen LogP contribution in [0.15, 0.2) is 17.0 Å². The first-order chi connectivity index (χ1) is 13.8. The number of benzene rings is 1. The molecule has 1 aromatic carbocycles. The van der Waals surface area contributed by atoms with Crippen LogP contribution >= 0.6 is 0 Å². The van der Waals surface area contributed by atoms with Crippen molar-refractivity contribution in [1.29, 1.82) is 0 Å². The summed E-state index contributed by atoms with van der Waals surface area (Å²) in [7, 11) is -2.19. The van der Waals surface area contributed by atoms with Crippen LogP contribution in [-0.4, -0.2) is 64.5 Å². The second kappa shape index (κ2) is 9.10. The van der Waals surface area contributed by atoms with Gasteiger partial charge in [-0.2, -0.15) is 4.31 Å². The minimum absolute atomic E-state index is 0.130. The third kappa shape index (κ3) is 4.88. The molecular weight excluding hydrogens is 398 g/mol. The number of nitrogens with one attached hydrogen (secondary N) is 2. The van der Waals surface area contributed by atoms with Crippen molar-refractivity contribution in [2.45, 2.75) is 31.1 Å². The van der Waals surface area contributed by atoms with Crippen molar-refractivity contribution in [3.05, 3.63) is 17.7 Å². The molecule has 1 unspecified atom stereocenters. The molecule has 0 radical (unpaired) electrons. The summed E-state index contributed by atoms with van der Waals surface area (Å²) in [4.78, 5) is 24.0. The van der Waals surface area contributed by atoms with Crippen molar-refractivity contribution in [2.75, 3.05) is 45.3 Å². The van der Waals surface area contributed by atoms with Gasteiger partial charge in [0.05, 0.1) is 16.5 Å². The molecule has 0 saturated carbocycles. The van der Waals surface area contributed by atoms with E-state index in [1.807, 2.05) is 0 Å². The lowest BCUT2D eigenvalue weighted by Gasteiger charge is -2.32. The molecule has 9 nitrogen and oxygen atoms in total. The van der Waals surface area contributed by atoms with E-state index in [0.717, 1.165) is 0 Å². The Kier molecular flexibility index (Phi) is 6.76. The number of anilines is 1. The highest BCUT2D eigenvalue weighted by Crippen LogP contribution is 2.35. The Morgan fingerprint density at radius 2 is 2.21 bits per heavy atom. The molecule has 0 spiro atoms. The summed E-state index contributed by atoms with van der Waals surface area (Å²) < 4.78 is 38.2. The molecule has 1 atom stereocenters. The maximum absolute atomic E-state index is 13.3. The largest absolute Gasteiger partial charge is 0.482 e. The van der Waals surface area contributed by atoms with Gasteiger partial charge in [-0.25, -0.2) is 8.42 Å². The Labute approximate surface area is 170 Å². The van der Waals surface area contributed by atoms with E-state index in [1.54, 1.807) is 20.1 Å². The van der Waals surface area contributed by atoms with Crippen LogP contribution in [0.5, 0.6) is 5.75 Å². The summed E-state index contributed by atoms with van der Waals surface area (Å²) in [6.07, 6.45) is 1.98. The maximum atomic E-state index is 13.3. The molecule has 0 aromatic heterocycles. The predicted molar refractivity (Wildman–Crippen MR) is 106 cm³/mol. The number of piperidine rings is 1. The molecule has 2 aliphatic rings. The highest BCUT2D eigenvalue weighted by atomic mass is 32.2. The van der Waals surface area contributed by atoms with Crippen LogP contribution in [-0.2, 0) is 24.3 Å². The van der Waals surface area contributed by atoms with E-state index in [2.05, 4.69) is 10.6 Å². The van der Waals surface area contributed by atoms with E-state index in [1.165, 1.54) is 10.4 Å². The standard InChI is InChI=1S/C19H27N3O6S/c1-13-9-15-16(28-12-18(23)21-15)10-17(13)29(25,26)22-7-3-5-14(11-22)19(24)20-6-4-8-27-2/h9-10,14H,3-8,11-12H2,1-2H3,(H,20,24)(H,21,23). The minimum atomic E-state index is -3.79. The van der Waals surface area contributed by atoms with Crippen LogP contribution in [0.3, 0.4) is 0 Å². The number of methoxy groups -OCH3 is 1. The van der Waals surface area contributed by atoms with Gasteiger partial charge in [0, 0.05) is 39.4 Å². The molecule has 1 saturated heterocycles. The highest BCUT2D eigenvalue weighted by Gasteiger charge is 2.35. The normalized spacial score (nSPS) is 19.8. The van der Waals surface area contributed by atoms with Gasteiger partial charge in [0.1, 0.15) is 5.75 Å². The molecule has 3 rings (SSSR count). The molecule has 2 heterocycles. The number of nitrogens with zero attached hydrogens (tertiary/aromatic N) is 1. The van der Waals surface area contributed by atoms with Crippen LogP contribution in [0, 0.1) is 12.8 Å². The summed E-state index contributed by atoms with van der Waals surface area (Å²) in [6, 6.07) is 3.05. The number of carbonyl (C=O) groups excluding carboxylic acids is 2. The van der Waals surface area contributed by atoms with Crippen molar-refractivity contribution in [1.82, 2.24) is 9.62 Å². The zero-order valence-electron chi connectivity index (χ0n) is 16.7. The average molecular weight is 426 g/mol. The second-order valence-electron chi connectivity index (χ2n) is 7.29. The molecular formula is C19H27N3O6S. The number of rotatable bonds is 7. The lowest BCUT2D eigenvalue weighted by atomic mass is 9.99. The van der Waals surface area contributed by atoms with Crippen LogP contribution in [0.1, 0.15) is 24.8 Å². The highest BCUT2D eigenvalue weighted by molar-refractivity contribution is 7.89. The molecule has 0 aliphatic carbocycles. The van der Waals surface area contributed by atoms with E-state index in [9.17, 15) is 18.0 Å². The fourth-order valence-corrected chi connectivity index (χ4v) is 5.33. The summed E-state index contributed by atoms with van der Waals surface area (Å²) in [6.45, 7) is 3.10. The van der Waals surface area contributed by atoms with Crippen molar-refractivity contribution in [3.8, 4) is 5.75 Å². The van der Waals surface area contributed by atoms with Crippen LogP contribution in [0.25, 0.3) is 0 Å². The van der Waals surface area contributed by atoms with Crippen molar-refractivity contribution in [3.63, 3.8) is 0 Å². The lowest BCUT2D eigenvalue weighted by molar-refractivity contribution is -0.126. The first kappa shape index (κ1) is 21.5. The van der Waals surface area contributed by atoms with Gasteiger partial charge in [-0.1, -0.05) is 0 Å². The quantitative estimate of drug-likeness (QED) is 0.627. The summed E-state index contributed by atoms with van der Waals surface area (Å²) >= 11 is 0. The average Bonchev–Trinajstić information content (AvgIpc) is 2.70. The topological polar surface area (TPSA) is 114 Å². The predicted octanol–water partition coefficient (Wildman–Crippen LogP) is 0.879.